The number of aliphatic carboxylic acids is 1. The summed E-state index contributed by atoms with van der Waals surface area (Å²) >= 11 is 0. The molecule has 0 bridgehead atoms. The number of hydrogen-bond acceptors (Lipinski definition) is 2. The zero-order valence-corrected chi connectivity index (χ0v) is 12.1. The Bertz CT molecular complexity index is 536. The zero-order chi connectivity index (χ0) is 14.9. The van der Waals surface area contributed by atoms with Crippen LogP contribution in [0.1, 0.15) is 31.4 Å². The largest absolute Gasteiger partial charge is 0.481 e. The lowest BCUT2D eigenvalue weighted by molar-refractivity contribution is -0.140. The third kappa shape index (κ3) is 3.18. The predicted molar refractivity (Wildman–Crippen MR) is 76.4 cm³/mol. The highest BCUT2D eigenvalue weighted by molar-refractivity contribution is 5.89. The quantitative estimate of drug-likeness (QED) is 0.865. The van der Waals surface area contributed by atoms with Gasteiger partial charge in [-0.1, -0.05) is 43.7 Å². The summed E-state index contributed by atoms with van der Waals surface area (Å²) in [4.78, 5) is 22.6. The molecule has 4 nitrogen and oxygen atoms in total. The number of carbonyl (C=O) groups excluding carboxylic acids is 1. The number of hydrogen-bond donors (Lipinski definition) is 2. The number of carbonyl (C=O) groups is 2. The Morgan fingerprint density at radius 1 is 1.35 bits per heavy atom. The average molecular weight is 275 g/mol. The van der Waals surface area contributed by atoms with Crippen LogP contribution in [0.2, 0.25) is 0 Å². The molecule has 1 amide bonds. The van der Waals surface area contributed by atoms with Crippen molar-refractivity contribution in [3.8, 4) is 0 Å². The molecule has 1 aliphatic rings. The first kappa shape index (κ1) is 14.6. The highest BCUT2D eigenvalue weighted by Crippen LogP contribution is 2.38. The smallest absolute Gasteiger partial charge is 0.307 e. The van der Waals surface area contributed by atoms with Crippen LogP contribution in [-0.4, -0.2) is 23.5 Å². The number of amides is 1. The molecule has 0 saturated heterocycles. The monoisotopic (exact) mass is 275 g/mol. The van der Waals surface area contributed by atoms with Crippen LogP contribution < -0.4 is 5.32 Å². The SMILES string of the molecule is Cc1cccc(C(C)(C)CNC(=O)C2CC2C(=O)O)c1. The number of benzene rings is 1. The molecule has 2 N–H and O–H groups in total. The highest BCUT2D eigenvalue weighted by atomic mass is 16.4. The van der Waals surface area contributed by atoms with Crippen LogP contribution >= 0.6 is 0 Å². The van der Waals surface area contributed by atoms with Gasteiger partial charge in [0, 0.05) is 12.0 Å². The first-order chi connectivity index (χ1) is 9.31. The van der Waals surface area contributed by atoms with E-state index in [0.29, 0.717) is 13.0 Å². The number of carboxylic acid groups (broad SMARTS) is 1. The number of rotatable bonds is 5. The summed E-state index contributed by atoms with van der Waals surface area (Å²) in [5.41, 5.74) is 2.19. The van der Waals surface area contributed by atoms with Crippen LogP contribution in [0.25, 0.3) is 0 Å². The minimum atomic E-state index is -0.872. The van der Waals surface area contributed by atoms with Crippen molar-refractivity contribution < 1.29 is 14.7 Å². The molecule has 0 aromatic heterocycles. The number of nitrogens with one attached hydrogen (secondary N) is 1. The molecule has 0 radical (unpaired) electrons. The fourth-order valence-corrected chi connectivity index (χ4v) is 2.36. The second kappa shape index (κ2) is 5.27. The molecule has 108 valence electrons. The number of aryl methyl sites for hydroxylation is 1. The topological polar surface area (TPSA) is 66.4 Å². The third-order valence-corrected chi connectivity index (χ3v) is 3.95. The lowest BCUT2D eigenvalue weighted by atomic mass is 9.84. The van der Waals surface area contributed by atoms with Gasteiger partial charge in [0.15, 0.2) is 0 Å². The second-order valence-electron chi connectivity index (χ2n) is 6.26. The summed E-state index contributed by atoms with van der Waals surface area (Å²) in [5.74, 6) is -1.85. The van der Waals surface area contributed by atoms with Gasteiger partial charge in [0.2, 0.25) is 5.91 Å². The van der Waals surface area contributed by atoms with Crippen LogP contribution in [0.3, 0.4) is 0 Å². The maximum Gasteiger partial charge on any atom is 0.307 e. The van der Waals surface area contributed by atoms with Gasteiger partial charge in [0.1, 0.15) is 0 Å². The van der Waals surface area contributed by atoms with E-state index in [2.05, 4.69) is 31.3 Å². The van der Waals surface area contributed by atoms with E-state index < -0.39 is 11.9 Å². The van der Waals surface area contributed by atoms with Gasteiger partial charge in [-0.15, -0.1) is 0 Å². The van der Waals surface area contributed by atoms with Gasteiger partial charge in [-0.05, 0) is 18.9 Å². The van der Waals surface area contributed by atoms with Crippen molar-refractivity contribution in [1.82, 2.24) is 5.32 Å². The third-order valence-electron chi connectivity index (χ3n) is 3.95. The van der Waals surface area contributed by atoms with E-state index in [1.807, 2.05) is 19.1 Å². The van der Waals surface area contributed by atoms with Crippen molar-refractivity contribution in [2.45, 2.75) is 32.6 Å². The Balaban J connectivity index is 1.93. The Morgan fingerprint density at radius 2 is 2.05 bits per heavy atom. The molecule has 0 aliphatic heterocycles. The molecule has 1 aromatic carbocycles. The maximum atomic E-state index is 11.9. The Labute approximate surface area is 119 Å². The Hall–Kier alpha value is -1.84. The molecule has 2 atom stereocenters. The molecular weight excluding hydrogens is 254 g/mol. The summed E-state index contributed by atoms with van der Waals surface area (Å²) in [6.45, 7) is 6.70. The first-order valence-corrected chi connectivity index (χ1v) is 6.89. The summed E-state index contributed by atoms with van der Waals surface area (Å²) in [6, 6.07) is 8.22. The van der Waals surface area contributed by atoms with Crippen molar-refractivity contribution in [3.63, 3.8) is 0 Å². The molecule has 4 heteroatoms. The molecule has 1 aromatic rings. The van der Waals surface area contributed by atoms with Crippen LogP contribution in [0.4, 0.5) is 0 Å². The second-order valence-corrected chi connectivity index (χ2v) is 6.26. The van der Waals surface area contributed by atoms with Crippen LogP contribution in [0.5, 0.6) is 0 Å². The van der Waals surface area contributed by atoms with Crippen LogP contribution in [0, 0.1) is 18.8 Å². The van der Waals surface area contributed by atoms with E-state index in [0.717, 1.165) is 0 Å². The van der Waals surface area contributed by atoms with Crippen LogP contribution in [0.15, 0.2) is 24.3 Å². The van der Waals surface area contributed by atoms with Gasteiger partial charge in [-0.3, -0.25) is 9.59 Å². The zero-order valence-electron chi connectivity index (χ0n) is 12.1. The molecule has 2 rings (SSSR count). The van der Waals surface area contributed by atoms with Gasteiger partial charge in [-0.2, -0.15) is 0 Å². The molecular formula is C16H21NO3. The van der Waals surface area contributed by atoms with E-state index in [-0.39, 0.29) is 17.2 Å². The maximum absolute atomic E-state index is 11.9. The Kier molecular flexibility index (Phi) is 3.84. The minimum Gasteiger partial charge on any atom is -0.481 e. The molecule has 1 fully saturated rings. The van der Waals surface area contributed by atoms with Gasteiger partial charge < -0.3 is 10.4 Å². The van der Waals surface area contributed by atoms with Crippen molar-refractivity contribution in [3.05, 3.63) is 35.4 Å². The van der Waals surface area contributed by atoms with Crippen molar-refractivity contribution in [1.29, 1.82) is 0 Å². The fourth-order valence-electron chi connectivity index (χ4n) is 2.36. The molecule has 1 saturated carbocycles. The van der Waals surface area contributed by atoms with E-state index in [1.54, 1.807) is 0 Å². The number of carboxylic acids is 1. The summed E-state index contributed by atoms with van der Waals surface area (Å²) in [7, 11) is 0. The fraction of sp³-hybridized carbons (Fsp3) is 0.500. The van der Waals surface area contributed by atoms with E-state index in [4.69, 9.17) is 5.11 Å². The van der Waals surface area contributed by atoms with Crippen molar-refractivity contribution in [2.24, 2.45) is 11.8 Å². The predicted octanol–water partition coefficient (Wildman–Crippen LogP) is 2.11. The minimum absolute atomic E-state index is 0.141. The van der Waals surface area contributed by atoms with Crippen LogP contribution in [-0.2, 0) is 15.0 Å². The summed E-state index contributed by atoms with van der Waals surface area (Å²) in [6.07, 6.45) is 0.464. The molecule has 1 aliphatic carbocycles. The normalized spacial score (nSPS) is 21.4. The standard InChI is InChI=1S/C16H21NO3/c1-10-5-4-6-11(7-10)16(2,3)9-17-14(18)12-8-13(12)15(19)20/h4-7,12-13H,8-9H2,1-3H3,(H,17,18)(H,19,20). The van der Waals surface area contributed by atoms with Gasteiger partial charge in [0.25, 0.3) is 0 Å². The van der Waals surface area contributed by atoms with E-state index >= 15 is 0 Å². The summed E-state index contributed by atoms with van der Waals surface area (Å²) in [5, 5.41) is 11.7. The van der Waals surface area contributed by atoms with E-state index in [1.165, 1.54) is 11.1 Å². The van der Waals surface area contributed by atoms with Gasteiger partial charge in [0.05, 0.1) is 11.8 Å². The summed E-state index contributed by atoms with van der Waals surface area (Å²) < 4.78 is 0. The van der Waals surface area contributed by atoms with Gasteiger partial charge in [-0.25, -0.2) is 0 Å². The van der Waals surface area contributed by atoms with E-state index in [9.17, 15) is 9.59 Å². The first-order valence-electron chi connectivity index (χ1n) is 6.89. The van der Waals surface area contributed by atoms with Crippen molar-refractivity contribution >= 4 is 11.9 Å². The average Bonchev–Trinajstić information content (AvgIpc) is 3.16. The molecule has 0 heterocycles. The van der Waals surface area contributed by atoms with Gasteiger partial charge >= 0.3 is 5.97 Å². The molecule has 2 unspecified atom stereocenters. The molecule has 20 heavy (non-hydrogen) atoms. The Morgan fingerprint density at radius 3 is 2.60 bits per heavy atom. The highest BCUT2D eigenvalue weighted by Gasteiger charge is 2.48. The lowest BCUT2D eigenvalue weighted by Crippen LogP contribution is -2.37. The lowest BCUT2D eigenvalue weighted by Gasteiger charge is -2.26. The van der Waals surface area contributed by atoms with Crippen molar-refractivity contribution in [2.75, 3.05) is 6.54 Å². The molecule has 0 spiro atoms.